The van der Waals surface area contributed by atoms with Gasteiger partial charge in [0.2, 0.25) is 0 Å². The minimum absolute atomic E-state index is 0.872. The van der Waals surface area contributed by atoms with Crippen molar-refractivity contribution in [1.29, 1.82) is 0 Å². The SMILES string of the molecule is CCCCCCCCCCCCCCCCN(O)CCCCCCCCCCCCCCCC. The summed E-state index contributed by atoms with van der Waals surface area (Å²) in [5, 5.41) is 11.6. The molecule has 0 unspecified atom stereocenters. The molecule has 0 radical (unpaired) electrons. The van der Waals surface area contributed by atoms with Gasteiger partial charge in [0.25, 0.3) is 0 Å². The molecule has 2 heteroatoms. The van der Waals surface area contributed by atoms with E-state index in [0.717, 1.165) is 25.9 Å². The van der Waals surface area contributed by atoms with Crippen LogP contribution in [-0.2, 0) is 0 Å². The van der Waals surface area contributed by atoms with Gasteiger partial charge in [-0.25, -0.2) is 0 Å². The fourth-order valence-corrected chi connectivity index (χ4v) is 5.09. The molecule has 0 atom stereocenters. The van der Waals surface area contributed by atoms with Crippen molar-refractivity contribution in [3.63, 3.8) is 0 Å². The highest BCUT2D eigenvalue weighted by atomic mass is 16.5. The van der Waals surface area contributed by atoms with E-state index in [1.54, 1.807) is 5.06 Å². The standard InChI is InChI=1S/C32H67NO/c1-3-5-7-9-11-13-15-17-19-21-23-25-27-29-31-33(34)32-30-28-26-24-22-20-18-16-14-12-10-8-6-4-2/h34H,3-32H2,1-2H3. The second-order valence-electron chi connectivity index (χ2n) is 11.1. The first-order chi connectivity index (χ1) is 16.8. The Balaban J connectivity index is 3.13. The molecule has 1 N–H and O–H groups in total. The first kappa shape index (κ1) is 33.9. The fourth-order valence-electron chi connectivity index (χ4n) is 5.09. The van der Waals surface area contributed by atoms with Gasteiger partial charge in [0.15, 0.2) is 0 Å². The molecule has 0 aromatic rings. The highest BCUT2D eigenvalue weighted by molar-refractivity contribution is 4.53. The van der Waals surface area contributed by atoms with E-state index in [4.69, 9.17) is 0 Å². The molecule has 0 spiro atoms. The van der Waals surface area contributed by atoms with Crippen molar-refractivity contribution in [2.24, 2.45) is 0 Å². The van der Waals surface area contributed by atoms with Crippen LogP contribution in [0.2, 0.25) is 0 Å². The largest absolute Gasteiger partial charge is 0.314 e. The van der Waals surface area contributed by atoms with E-state index in [1.807, 2.05) is 0 Å². The van der Waals surface area contributed by atoms with E-state index in [9.17, 15) is 5.21 Å². The van der Waals surface area contributed by atoms with Gasteiger partial charge in [-0.1, -0.05) is 181 Å². The zero-order valence-electron chi connectivity index (χ0n) is 24.1. The van der Waals surface area contributed by atoms with Crippen molar-refractivity contribution in [2.75, 3.05) is 13.1 Å². The van der Waals surface area contributed by atoms with Gasteiger partial charge in [-0.2, -0.15) is 5.06 Å². The van der Waals surface area contributed by atoms with Crippen molar-refractivity contribution >= 4 is 0 Å². The van der Waals surface area contributed by atoms with Crippen LogP contribution in [0.4, 0.5) is 0 Å². The second kappa shape index (κ2) is 31.0. The molecule has 0 rings (SSSR count). The quantitative estimate of drug-likeness (QED) is 0.0814. The summed E-state index contributed by atoms with van der Waals surface area (Å²) in [5.41, 5.74) is 0. The molecule has 0 aromatic heterocycles. The number of hydroxylamine groups is 2. The Kier molecular flexibility index (Phi) is 30.9. The van der Waals surface area contributed by atoms with Crippen LogP contribution in [0.1, 0.15) is 194 Å². The summed E-state index contributed by atoms with van der Waals surface area (Å²) in [5.74, 6) is 0. The van der Waals surface area contributed by atoms with Gasteiger partial charge in [-0.3, -0.25) is 0 Å². The minimum Gasteiger partial charge on any atom is -0.314 e. The van der Waals surface area contributed by atoms with Gasteiger partial charge in [0, 0.05) is 13.1 Å². The van der Waals surface area contributed by atoms with Crippen LogP contribution in [0.5, 0.6) is 0 Å². The van der Waals surface area contributed by atoms with Crippen molar-refractivity contribution in [1.82, 2.24) is 5.06 Å². The number of hydrogen-bond donors (Lipinski definition) is 1. The molecule has 2 nitrogen and oxygen atoms in total. The molecular weight excluding hydrogens is 414 g/mol. The van der Waals surface area contributed by atoms with Gasteiger partial charge in [-0.15, -0.1) is 0 Å². The summed E-state index contributed by atoms with van der Waals surface area (Å²) < 4.78 is 0. The Morgan fingerprint density at radius 1 is 0.294 bits per heavy atom. The topological polar surface area (TPSA) is 23.5 Å². The molecule has 0 amide bonds. The normalized spacial score (nSPS) is 11.6. The maximum atomic E-state index is 10.1. The second-order valence-corrected chi connectivity index (χ2v) is 11.1. The summed E-state index contributed by atoms with van der Waals surface area (Å²) >= 11 is 0. The van der Waals surface area contributed by atoms with Crippen LogP contribution in [-0.4, -0.2) is 23.4 Å². The highest BCUT2D eigenvalue weighted by Gasteiger charge is 2.01. The molecule has 0 fully saturated rings. The van der Waals surface area contributed by atoms with Crippen molar-refractivity contribution < 1.29 is 5.21 Å². The average molecular weight is 482 g/mol. The van der Waals surface area contributed by atoms with E-state index in [1.165, 1.54) is 167 Å². The number of unbranched alkanes of at least 4 members (excludes halogenated alkanes) is 26. The lowest BCUT2D eigenvalue weighted by molar-refractivity contribution is -0.0925. The number of nitrogens with zero attached hydrogens (tertiary/aromatic N) is 1. The monoisotopic (exact) mass is 482 g/mol. The Bertz CT molecular complexity index is 314. The van der Waals surface area contributed by atoms with Crippen LogP contribution in [0.3, 0.4) is 0 Å². The van der Waals surface area contributed by atoms with E-state index in [0.29, 0.717) is 0 Å². The van der Waals surface area contributed by atoms with Crippen LogP contribution in [0, 0.1) is 0 Å². The maximum Gasteiger partial charge on any atom is 0.0238 e. The molecule has 0 aliphatic rings. The van der Waals surface area contributed by atoms with Gasteiger partial charge >= 0.3 is 0 Å². The lowest BCUT2D eigenvalue weighted by Gasteiger charge is -2.14. The zero-order chi connectivity index (χ0) is 24.8. The molecule has 0 aliphatic heterocycles. The fraction of sp³-hybridized carbons (Fsp3) is 1.00. The van der Waals surface area contributed by atoms with Gasteiger partial charge in [0.1, 0.15) is 0 Å². The van der Waals surface area contributed by atoms with Crippen LogP contribution in [0.25, 0.3) is 0 Å². The van der Waals surface area contributed by atoms with Gasteiger partial charge in [-0.05, 0) is 12.8 Å². The molecule has 0 aromatic carbocycles. The minimum atomic E-state index is 0.872. The third-order valence-electron chi connectivity index (χ3n) is 7.54. The molecule has 34 heavy (non-hydrogen) atoms. The predicted molar refractivity (Wildman–Crippen MR) is 154 cm³/mol. The van der Waals surface area contributed by atoms with Crippen LogP contribution in [0.15, 0.2) is 0 Å². The van der Waals surface area contributed by atoms with Crippen LogP contribution >= 0.6 is 0 Å². The zero-order valence-corrected chi connectivity index (χ0v) is 24.1. The van der Waals surface area contributed by atoms with Crippen molar-refractivity contribution in [3.05, 3.63) is 0 Å². The Morgan fingerprint density at radius 2 is 0.471 bits per heavy atom. The Labute approximate surface area is 217 Å². The Morgan fingerprint density at radius 3 is 0.676 bits per heavy atom. The molecule has 0 saturated carbocycles. The summed E-state index contributed by atoms with van der Waals surface area (Å²) in [6, 6.07) is 0. The summed E-state index contributed by atoms with van der Waals surface area (Å²) in [6.07, 6.45) is 39.0. The molecule has 206 valence electrons. The number of rotatable bonds is 30. The highest BCUT2D eigenvalue weighted by Crippen LogP contribution is 2.14. The van der Waals surface area contributed by atoms with Gasteiger partial charge < -0.3 is 5.21 Å². The molecular formula is C32H67NO. The molecule has 0 saturated heterocycles. The first-order valence-corrected chi connectivity index (χ1v) is 16.2. The van der Waals surface area contributed by atoms with Crippen molar-refractivity contribution in [3.8, 4) is 0 Å². The molecule has 0 heterocycles. The third-order valence-corrected chi connectivity index (χ3v) is 7.54. The lowest BCUT2D eigenvalue weighted by Crippen LogP contribution is -2.21. The first-order valence-electron chi connectivity index (χ1n) is 16.2. The van der Waals surface area contributed by atoms with Crippen LogP contribution < -0.4 is 0 Å². The lowest BCUT2D eigenvalue weighted by atomic mass is 10.0. The summed E-state index contributed by atoms with van der Waals surface area (Å²) in [6.45, 7) is 6.33. The number of hydrogen-bond acceptors (Lipinski definition) is 2. The summed E-state index contributed by atoms with van der Waals surface area (Å²) in [7, 11) is 0. The Hall–Kier alpha value is -0.0800. The molecule has 0 aliphatic carbocycles. The average Bonchev–Trinajstić information content (AvgIpc) is 2.84. The van der Waals surface area contributed by atoms with Gasteiger partial charge in [0.05, 0.1) is 0 Å². The van der Waals surface area contributed by atoms with E-state index in [2.05, 4.69) is 13.8 Å². The maximum absolute atomic E-state index is 10.1. The molecule has 0 bridgehead atoms. The smallest absolute Gasteiger partial charge is 0.0238 e. The van der Waals surface area contributed by atoms with E-state index < -0.39 is 0 Å². The predicted octanol–water partition coefficient (Wildman–Crippen LogP) is 11.6. The summed E-state index contributed by atoms with van der Waals surface area (Å²) in [4.78, 5) is 0. The van der Waals surface area contributed by atoms with E-state index in [-0.39, 0.29) is 0 Å². The van der Waals surface area contributed by atoms with Crippen molar-refractivity contribution in [2.45, 2.75) is 194 Å². The third kappa shape index (κ3) is 30.0. The van der Waals surface area contributed by atoms with E-state index >= 15 is 0 Å².